The lowest BCUT2D eigenvalue weighted by Crippen LogP contribution is -2.14. The lowest BCUT2D eigenvalue weighted by Gasteiger charge is -2.06. The van der Waals surface area contributed by atoms with Crippen molar-refractivity contribution < 1.29 is 4.79 Å². The predicted octanol–water partition coefficient (Wildman–Crippen LogP) is 2.24. The van der Waals surface area contributed by atoms with Crippen molar-refractivity contribution in [1.29, 1.82) is 0 Å². The van der Waals surface area contributed by atoms with Crippen molar-refractivity contribution in [2.24, 2.45) is 0 Å². The first kappa shape index (κ1) is 15.9. The van der Waals surface area contributed by atoms with Crippen molar-refractivity contribution in [3.05, 3.63) is 71.6 Å². The Bertz CT molecular complexity index is 1080. The van der Waals surface area contributed by atoms with Gasteiger partial charge in [-0.25, -0.2) is 9.50 Å². The second kappa shape index (κ2) is 6.40. The van der Waals surface area contributed by atoms with E-state index in [0.29, 0.717) is 18.0 Å². The van der Waals surface area contributed by atoms with Crippen molar-refractivity contribution in [2.75, 3.05) is 5.32 Å². The second-order valence-corrected chi connectivity index (χ2v) is 6.04. The number of rotatable bonds is 4. The molecule has 0 saturated heterocycles. The van der Waals surface area contributed by atoms with Gasteiger partial charge < -0.3 is 5.32 Å². The van der Waals surface area contributed by atoms with E-state index in [1.54, 1.807) is 10.7 Å². The smallest absolute Gasteiger partial charge is 0.295 e. The van der Waals surface area contributed by atoms with E-state index in [0.717, 1.165) is 17.0 Å². The first-order valence-electron chi connectivity index (χ1n) is 8.17. The van der Waals surface area contributed by atoms with Gasteiger partial charge >= 0.3 is 0 Å². The van der Waals surface area contributed by atoms with Crippen molar-refractivity contribution in [2.45, 2.75) is 20.4 Å². The highest BCUT2D eigenvalue weighted by atomic mass is 16.2. The van der Waals surface area contributed by atoms with Crippen molar-refractivity contribution in [3.8, 4) is 0 Å². The maximum Gasteiger partial charge on any atom is 0.295 e. The van der Waals surface area contributed by atoms with Gasteiger partial charge in [-0.05, 0) is 43.7 Å². The zero-order chi connectivity index (χ0) is 18.1. The number of benzene rings is 1. The van der Waals surface area contributed by atoms with Gasteiger partial charge in [0.1, 0.15) is 0 Å². The topological polar surface area (TPSA) is 90.0 Å². The average Bonchev–Trinajstić information content (AvgIpc) is 3.24. The van der Waals surface area contributed by atoms with Gasteiger partial charge in [-0.15, -0.1) is 5.10 Å². The Kier molecular flexibility index (Phi) is 3.92. The number of amides is 1. The minimum Gasteiger partial charge on any atom is -0.319 e. The van der Waals surface area contributed by atoms with E-state index in [4.69, 9.17) is 0 Å². The van der Waals surface area contributed by atoms with Crippen molar-refractivity contribution in [1.82, 2.24) is 29.4 Å². The summed E-state index contributed by atoms with van der Waals surface area (Å²) >= 11 is 0. The summed E-state index contributed by atoms with van der Waals surface area (Å²) in [5.41, 5.74) is 3.42. The first-order valence-corrected chi connectivity index (χ1v) is 8.17. The lowest BCUT2D eigenvalue weighted by atomic mass is 10.2. The summed E-state index contributed by atoms with van der Waals surface area (Å²) in [7, 11) is 0. The standard InChI is InChI=1S/C18H17N7O/c1-12-9-13(2)25-18(20-12)22-16(23-25)17(26)21-15-6-3-5-14(10-15)11-24-8-4-7-19-24/h3-10H,11H2,1-2H3,(H,21,26). The Balaban J connectivity index is 1.55. The fraction of sp³-hybridized carbons (Fsp3) is 0.167. The highest BCUT2D eigenvalue weighted by molar-refractivity contribution is 6.01. The molecule has 0 aliphatic carbocycles. The van der Waals surface area contributed by atoms with E-state index in [1.807, 2.05) is 61.1 Å². The molecule has 0 unspecified atom stereocenters. The van der Waals surface area contributed by atoms with Gasteiger partial charge in [-0.1, -0.05) is 12.1 Å². The number of hydrogen-bond donors (Lipinski definition) is 1. The molecule has 3 heterocycles. The molecule has 4 rings (SSSR count). The fourth-order valence-corrected chi connectivity index (χ4v) is 2.78. The van der Waals surface area contributed by atoms with E-state index in [9.17, 15) is 4.79 Å². The normalized spacial score (nSPS) is 11.0. The van der Waals surface area contributed by atoms with Crippen molar-refractivity contribution in [3.63, 3.8) is 0 Å². The van der Waals surface area contributed by atoms with E-state index < -0.39 is 0 Å². The fourth-order valence-electron chi connectivity index (χ4n) is 2.78. The molecule has 0 saturated carbocycles. The number of aromatic nitrogens is 6. The van der Waals surface area contributed by atoms with Crippen LogP contribution in [0.2, 0.25) is 0 Å². The molecule has 4 aromatic rings. The van der Waals surface area contributed by atoms with E-state index >= 15 is 0 Å². The van der Waals surface area contributed by atoms with Crippen LogP contribution in [0.1, 0.15) is 27.6 Å². The van der Waals surface area contributed by atoms with Crippen LogP contribution < -0.4 is 5.32 Å². The summed E-state index contributed by atoms with van der Waals surface area (Å²) in [6.45, 7) is 4.41. The molecule has 8 heteroatoms. The zero-order valence-electron chi connectivity index (χ0n) is 14.4. The van der Waals surface area contributed by atoms with Gasteiger partial charge in [0.15, 0.2) is 0 Å². The van der Waals surface area contributed by atoms with Gasteiger partial charge in [-0.3, -0.25) is 9.48 Å². The average molecular weight is 347 g/mol. The molecule has 26 heavy (non-hydrogen) atoms. The SMILES string of the molecule is Cc1cc(C)n2nc(C(=O)Nc3cccc(Cn4cccn4)c3)nc2n1. The molecule has 8 nitrogen and oxygen atoms in total. The summed E-state index contributed by atoms with van der Waals surface area (Å²) in [6.07, 6.45) is 3.63. The number of hydrogen-bond acceptors (Lipinski definition) is 5. The molecule has 0 aliphatic heterocycles. The molecule has 3 aromatic heterocycles. The molecule has 0 atom stereocenters. The van der Waals surface area contributed by atoms with Crippen LogP contribution in [-0.2, 0) is 6.54 Å². The minimum atomic E-state index is -0.371. The molecule has 0 aliphatic rings. The molecule has 1 amide bonds. The largest absolute Gasteiger partial charge is 0.319 e. The maximum atomic E-state index is 12.5. The molecule has 1 aromatic carbocycles. The number of fused-ring (bicyclic) bond motifs is 1. The molecular weight excluding hydrogens is 330 g/mol. The minimum absolute atomic E-state index is 0.0867. The van der Waals surface area contributed by atoms with Crippen LogP contribution in [0.5, 0.6) is 0 Å². The molecule has 1 N–H and O–H groups in total. The predicted molar refractivity (Wildman–Crippen MR) is 96.0 cm³/mol. The van der Waals surface area contributed by atoms with Gasteiger partial charge in [0.05, 0.1) is 6.54 Å². The first-order chi connectivity index (χ1) is 12.6. The number of carbonyl (C=O) groups is 1. The van der Waals surface area contributed by atoms with Crippen LogP contribution in [-0.4, -0.2) is 35.3 Å². The highest BCUT2D eigenvalue weighted by Crippen LogP contribution is 2.13. The number of nitrogens with zero attached hydrogens (tertiary/aromatic N) is 6. The van der Waals surface area contributed by atoms with Gasteiger partial charge in [0.2, 0.25) is 5.82 Å². The van der Waals surface area contributed by atoms with Gasteiger partial charge in [0, 0.05) is 29.5 Å². The molecule has 0 bridgehead atoms. The second-order valence-electron chi connectivity index (χ2n) is 6.04. The van der Waals surface area contributed by atoms with Gasteiger partial charge in [-0.2, -0.15) is 10.1 Å². The Morgan fingerprint density at radius 3 is 2.85 bits per heavy atom. The monoisotopic (exact) mass is 347 g/mol. The van der Waals surface area contributed by atoms with E-state index in [2.05, 4.69) is 25.5 Å². The summed E-state index contributed by atoms with van der Waals surface area (Å²) in [5.74, 6) is 0.132. The van der Waals surface area contributed by atoms with E-state index in [-0.39, 0.29) is 11.7 Å². The van der Waals surface area contributed by atoms with Crippen LogP contribution in [0.4, 0.5) is 5.69 Å². The highest BCUT2D eigenvalue weighted by Gasteiger charge is 2.15. The molecule has 0 radical (unpaired) electrons. The number of nitrogens with one attached hydrogen (secondary N) is 1. The molecule has 0 fully saturated rings. The van der Waals surface area contributed by atoms with E-state index in [1.165, 1.54) is 0 Å². The Hall–Kier alpha value is -3.55. The summed E-state index contributed by atoms with van der Waals surface area (Å²) < 4.78 is 3.39. The third-order valence-electron chi connectivity index (χ3n) is 3.91. The molecule has 130 valence electrons. The van der Waals surface area contributed by atoms with Crippen LogP contribution in [0.25, 0.3) is 5.78 Å². The third kappa shape index (κ3) is 3.16. The van der Waals surface area contributed by atoms with Crippen LogP contribution in [0.15, 0.2) is 48.8 Å². The Labute approximate surface area is 149 Å². The van der Waals surface area contributed by atoms with Crippen LogP contribution >= 0.6 is 0 Å². The Morgan fingerprint density at radius 2 is 2.04 bits per heavy atom. The summed E-state index contributed by atoms with van der Waals surface area (Å²) in [5, 5.41) is 11.3. The summed E-state index contributed by atoms with van der Waals surface area (Å²) in [4.78, 5) is 21.0. The van der Waals surface area contributed by atoms with Gasteiger partial charge in [0.25, 0.3) is 11.7 Å². The Morgan fingerprint density at radius 1 is 1.15 bits per heavy atom. The van der Waals surface area contributed by atoms with Crippen LogP contribution in [0.3, 0.4) is 0 Å². The quantitative estimate of drug-likeness (QED) is 0.611. The number of carbonyl (C=O) groups excluding carboxylic acids is 1. The molecule has 0 spiro atoms. The van der Waals surface area contributed by atoms with Crippen molar-refractivity contribution >= 4 is 17.4 Å². The lowest BCUT2D eigenvalue weighted by molar-refractivity contribution is 0.101. The number of anilines is 1. The zero-order valence-corrected chi connectivity index (χ0v) is 14.4. The molecular formula is C18H17N7O. The third-order valence-corrected chi connectivity index (χ3v) is 3.91. The maximum absolute atomic E-state index is 12.5. The van der Waals surface area contributed by atoms with Crippen LogP contribution in [0, 0.1) is 13.8 Å². The summed E-state index contributed by atoms with van der Waals surface area (Å²) in [6, 6.07) is 11.4. The number of aryl methyl sites for hydroxylation is 2.